The van der Waals surface area contributed by atoms with E-state index in [2.05, 4.69) is 32.6 Å². The van der Waals surface area contributed by atoms with Crippen molar-refractivity contribution in [3.05, 3.63) is 83.0 Å². The largest absolute Gasteiger partial charge is 0.496 e. The van der Waals surface area contributed by atoms with Crippen LogP contribution in [0.3, 0.4) is 0 Å². The van der Waals surface area contributed by atoms with Gasteiger partial charge in [0, 0.05) is 38.2 Å². The summed E-state index contributed by atoms with van der Waals surface area (Å²) in [4.78, 5) is 14.8. The molecular weight excluding hydrogens is 440 g/mol. The van der Waals surface area contributed by atoms with Gasteiger partial charge in [0.25, 0.3) is 5.91 Å². The fraction of sp³-hybridized carbons (Fsp3) is 0.320. The Bertz CT molecular complexity index is 1190. The van der Waals surface area contributed by atoms with Crippen molar-refractivity contribution in [2.45, 2.75) is 25.9 Å². The highest BCUT2D eigenvalue weighted by Crippen LogP contribution is 2.20. The molecule has 1 aliphatic rings. The van der Waals surface area contributed by atoms with Crippen LogP contribution in [0.15, 0.2) is 48.5 Å². The number of benzene rings is 2. The number of hydrogen-bond donors (Lipinski definition) is 1. The Balaban J connectivity index is 1.38. The topological polar surface area (TPSA) is 72.3 Å². The number of hydrogen-bond acceptors (Lipinski definition) is 5. The lowest BCUT2D eigenvalue weighted by molar-refractivity contribution is 0.0933. The first-order valence-electron chi connectivity index (χ1n) is 11.2. The molecule has 0 radical (unpaired) electrons. The molecule has 0 saturated carbocycles. The molecule has 3 aromatic rings. The summed E-state index contributed by atoms with van der Waals surface area (Å²) in [5.41, 5.74) is 0.689. The van der Waals surface area contributed by atoms with Gasteiger partial charge in [-0.15, -0.1) is 10.2 Å². The van der Waals surface area contributed by atoms with Crippen molar-refractivity contribution in [3.8, 4) is 5.75 Å². The van der Waals surface area contributed by atoms with Crippen LogP contribution in [0.2, 0.25) is 0 Å². The Morgan fingerprint density at radius 2 is 2.00 bits per heavy atom. The molecule has 1 unspecified atom stereocenters. The van der Waals surface area contributed by atoms with Gasteiger partial charge in [-0.25, -0.2) is 8.78 Å². The number of carbonyl (C=O) groups is 1. The Morgan fingerprint density at radius 1 is 1.18 bits per heavy atom. The maximum absolute atomic E-state index is 14.0. The molecule has 7 nitrogen and oxygen atoms in total. The SMILES string of the molecule is COc1ccccc1/C=C/CN1CCc2nnc(C(C)NC(=O)c3cc(F)ccc3F)n2CC1. The van der Waals surface area contributed by atoms with Crippen molar-refractivity contribution in [1.29, 1.82) is 0 Å². The Labute approximate surface area is 197 Å². The second kappa shape index (κ2) is 10.6. The molecule has 4 rings (SSSR count). The standard InChI is InChI=1S/C25H27F2N5O2/c1-17(28-25(33)20-16-19(26)9-10-21(20)27)24-30-29-23-11-13-31(14-15-32(23)24)12-5-7-18-6-3-4-8-22(18)34-2/h3-10,16-17H,11-15H2,1-2H3,(H,28,33)/b7-5+. The first-order chi connectivity index (χ1) is 16.5. The predicted molar refractivity (Wildman–Crippen MR) is 124 cm³/mol. The van der Waals surface area contributed by atoms with Crippen LogP contribution in [0.25, 0.3) is 6.08 Å². The summed E-state index contributed by atoms with van der Waals surface area (Å²) in [6, 6.07) is 10.1. The third kappa shape index (κ3) is 5.31. The predicted octanol–water partition coefficient (Wildman–Crippen LogP) is 3.63. The average Bonchev–Trinajstić information content (AvgIpc) is 3.14. The van der Waals surface area contributed by atoms with Gasteiger partial charge in [0.15, 0.2) is 5.82 Å². The summed E-state index contributed by atoms with van der Waals surface area (Å²) >= 11 is 0. The molecule has 1 N–H and O–H groups in total. The molecule has 0 fully saturated rings. The Kier molecular flexibility index (Phi) is 7.32. The van der Waals surface area contributed by atoms with Gasteiger partial charge in [0.1, 0.15) is 23.2 Å². The van der Waals surface area contributed by atoms with Crippen molar-refractivity contribution < 1.29 is 18.3 Å². The van der Waals surface area contributed by atoms with E-state index in [1.807, 2.05) is 28.8 Å². The molecular formula is C25H27F2N5O2. The minimum absolute atomic E-state index is 0.338. The van der Waals surface area contributed by atoms with E-state index in [-0.39, 0.29) is 5.56 Å². The maximum Gasteiger partial charge on any atom is 0.254 e. The minimum Gasteiger partial charge on any atom is -0.496 e. The van der Waals surface area contributed by atoms with E-state index in [0.29, 0.717) is 18.8 Å². The molecule has 9 heteroatoms. The normalized spacial score (nSPS) is 15.1. The van der Waals surface area contributed by atoms with E-state index in [4.69, 9.17) is 4.74 Å². The van der Waals surface area contributed by atoms with Crippen LogP contribution in [0, 0.1) is 11.6 Å². The summed E-state index contributed by atoms with van der Waals surface area (Å²) in [6.45, 7) is 4.80. The van der Waals surface area contributed by atoms with Crippen molar-refractivity contribution in [3.63, 3.8) is 0 Å². The fourth-order valence-corrected chi connectivity index (χ4v) is 4.04. The molecule has 0 aliphatic carbocycles. The number of amides is 1. The molecule has 1 aromatic heterocycles. The van der Waals surface area contributed by atoms with Gasteiger partial charge >= 0.3 is 0 Å². The summed E-state index contributed by atoms with van der Waals surface area (Å²) in [6.07, 6.45) is 4.88. The van der Waals surface area contributed by atoms with E-state index in [0.717, 1.165) is 55.0 Å². The molecule has 178 valence electrons. The minimum atomic E-state index is -0.775. The number of ether oxygens (including phenoxy) is 1. The van der Waals surface area contributed by atoms with Crippen LogP contribution in [-0.4, -0.2) is 52.3 Å². The van der Waals surface area contributed by atoms with E-state index >= 15 is 0 Å². The van der Waals surface area contributed by atoms with Gasteiger partial charge in [0.2, 0.25) is 0 Å². The average molecular weight is 468 g/mol. The first kappa shape index (κ1) is 23.6. The smallest absolute Gasteiger partial charge is 0.254 e. The number of halogens is 2. The van der Waals surface area contributed by atoms with E-state index in [1.165, 1.54) is 0 Å². The third-order valence-electron chi connectivity index (χ3n) is 5.86. The van der Waals surface area contributed by atoms with Crippen LogP contribution >= 0.6 is 0 Å². The van der Waals surface area contributed by atoms with E-state index < -0.39 is 23.6 Å². The van der Waals surface area contributed by atoms with Crippen molar-refractivity contribution in [2.24, 2.45) is 0 Å². The second-order valence-corrected chi connectivity index (χ2v) is 8.14. The molecule has 0 bridgehead atoms. The van der Waals surface area contributed by atoms with Crippen LogP contribution in [-0.2, 0) is 13.0 Å². The van der Waals surface area contributed by atoms with Crippen molar-refractivity contribution in [2.75, 3.05) is 26.7 Å². The number of nitrogens with zero attached hydrogens (tertiary/aromatic N) is 4. The summed E-state index contributed by atoms with van der Waals surface area (Å²) in [7, 11) is 1.66. The molecule has 0 spiro atoms. The van der Waals surface area contributed by atoms with Crippen molar-refractivity contribution >= 4 is 12.0 Å². The molecule has 2 aromatic carbocycles. The number of para-hydroxylation sites is 1. The second-order valence-electron chi connectivity index (χ2n) is 8.14. The summed E-state index contributed by atoms with van der Waals surface area (Å²) < 4.78 is 34.8. The quantitative estimate of drug-likeness (QED) is 0.575. The van der Waals surface area contributed by atoms with Crippen LogP contribution in [0.5, 0.6) is 5.75 Å². The maximum atomic E-state index is 14.0. The number of nitrogens with one attached hydrogen (secondary N) is 1. The summed E-state index contributed by atoms with van der Waals surface area (Å²) in [5, 5.41) is 11.3. The van der Waals surface area contributed by atoms with Gasteiger partial charge in [0.05, 0.1) is 18.7 Å². The third-order valence-corrected chi connectivity index (χ3v) is 5.86. The zero-order valence-electron chi connectivity index (χ0n) is 19.2. The van der Waals surface area contributed by atoms with Gasteiger partial charge < -0.3 is 14.6 Å². The number of aromatic nitrogens is 3. The van der Waals surface area contributed by atoms with E-state index in [1.54, 1.807) is 14.0 Å². The van der Waals surface area contributed by atoms with Crippen LogP contribution < -0.4 is 10.1 Å². The molecule has 1 atom stereocenters. The van der Waals surface area contributed by atoms with Crippen LogP contribution in [0.1, 0.15) is 40.5 Å². The van der Waals surface area contributed by atoms with E-state index in [9.17, 15) is 13.6 Å². The van der Waals surface area contributed by atoms with Gasteiger partial charge in [-0.1, -0.05) is 30.4 Å². The lowest BCUT2D eigenvalue weighted by Gasteiger charge is -2.18. The van der Waals surface area contributed by atoms with Gasteiger partial charge in [-0.3, -0.25) is 9.69 Å². The highest BCUT2D eigenvalue weighted by molar-refractivity contribution is 5.94. The van der Waals surface area contributed by atoms with Crippen molar-refractivity contribution in [1.82, 2.24) is 25.0 Å². The zero-order valence-corrected chi connectivity index (χ0v) is 19.2. The number of methoxy groups -OCH3 is 1. The molecule has 34 heavy (non-hydrogen) atoms. The first-order valence-corrected chi connectivity index (χ1v) is 11.2. The molecule has 2 heterocycles. The molecule has 1 aliphatic heterocycles. The fourth-order valence-electron chi connectivity index (χ4n) is 4.04. The lowest BCUT2D eigenvalue weighted by atomic mass is 10.1. The number of fused-ring (bicyclic) bond motifs is 1. The van der Waals surface area contributed by atoms with Gasteiger partial charge in [-0.2, -0.15) is 0 Å². The zero-order chi connectivity index (χ0) is 24.1. The monoisotopic (exact) mass is 467 g/mol. The Morgan fingerprint density at radius 3 is 2.82 bits per heavy atom. The molecule has 0 saturated heterocycles. The van der Waals surface area contributed by atoms with Crippen LogP contribution in [0.4, 0.5) is 8.78 Å². The highest BCUT2D eigenvalue weighted by atomic mass is 19.1. The number of rotatable bonds is 7. The van der Waals surface area contributed by atoms with Gasteiger partial charge in [-0.05, 0) is 31.2 Å². The Hall–Kier alpha value is -3.59. The summed E-state index contributed by atoms with van der Waals surface area (Å²) in [5.74, 6) is 0.118. The highest BCUT2D eigenvalue weighted by Gasteiger charge is 2.23. The molecule has 1 amide bonds. The lowest BCUT2D eigenvalue weighted by Crippen LogP contribution is -2.31. The number of carbonyl (C=O) groups excluding carboxylic acids is 1.